The molecule has 2 saturated heterocycles. The molecule has 0 saturated carbocycles. The molecule has 40 heavy (non-hydrogen) atoms. The van der Waals surface area contributed by atoms with E-state index in [2.05, 4.69) is 10.6 Å². The molecule has 0 unspecified atom stereocenters. The van der Waals surface area contributed by atoms with Crippen molar-refractivity contribution in [2.45, 2.75) is 24.4 Å². The Bertz CT molecular complexity index is 1540. The Morgan fingerprint density at radius 2 is 1.62 bits per heavy atom. The van der Waals surface area contributed by atoms with Crippen LogP contribution in [0.5, 0.6) is 23.0 Å². The minimum Gasteiger partial charge on any atom is -0.504 e. The van der Waals surface area contributed by atoms with Gasteiger partial charge >= 0.3 is 0 Å². The molecule has 3 aromatic rings. The average molecular weight is 544 g/mol. The van der Waals surface area contributed by atoms with Gasteiger partial charge in [0, 0.05) is 23.8 Å². The normalized spacial score (nSPS) is 24.8. The van der Waals surface area contributed by atoms with E-state index in [0.717, 1.165) is 5.56 Å². The number of ether oxygens (including phenoxy) is 2. The fourth-order valence-electron chi connectivity index (χ4n) is 6.44. The molecule has 10 heteroatoms. The van der Waals surface area contributed by atoms with Crippen LogP contribution in [0.4, 0.5) is 5.69 Å². The highest BCUT2D eigenvalue weighted by Gasteiger charge is 2.70. The van der Waals surface area contributed by atoms with E-state index in [0.29, 0.717) is 34.7 Å². The van der Waals surface area contributed by atoms with Gasteiger partial charge in [-0.05, 0) is 54.3 Å². The van der Waals surface area contributed by atoms with Crippen molar-refractivity contribution in [1.82, 2.24) is 10.2 Å². The number of benzene rings is 3. The number of likely N-dealkylation sites (tertiary alicyclic amines) is 1. The lowest BCUT2D eigenvalue weighted by atomic mass is 9.76. The number of para-hydroxylation sites is 1. The van der Waals surface area contributed by atoms with E-state index in [-0.39, 0.29) is 36.3 Å². The molecule has 3 amide bonds. The highest BCUT2D eigenvalue weighted by molar-refractivity contribution is 6.15. The minimum atomic E-state index is -1.41. The third-order valence-electron chi connectivity index (χ3n) is 8.28. The van der Waals surface area contributed by atoms with Crippen molar-refractivity contribution in [3.8, 4) is 23.0 Å². The molecule has 6 rings (SSSR count). The van der Waals surface area contributed by atoms with Gasteiger partial charge in [0.2, 0.25) is 17.7 Å². The molecule has 0 radical (unpaired) electrons. The fourth-order valence-corrected chi connectivity index (χ4v) is 6.44. The van der Waals surface area contributed by atoms with E-state index in [4.69, 9.17) is 9.47 Å². The molecule has 3 aliphatic heterocycles. The SMILES string of the molecule is COc1ccc(CCN2C(=O)[C@@H]3[C@H](Cc4ccc(O)c(O)c4)N[C@@]4(C(=O)Nc5ccccc54)[C@@H]3C2=O)cc1OC. The van der Waals surface area contributed by atoms with Crippen LogP contribution < -0.4 is 20.1 Å². The Labute approximate surface area is 230 Å². The molecule has 3 aliphatic rings. The van der Waals surface area contributed by atoms with Crippen LogP contribution in [0.15, 0.2) is 60.7 Å². The van der Waals surface area contributed by atoms with Gasteiger partial charge in [-0.3, -0.25) is 24.6 Å². The van der Waals surface area contributed by atoms with Gasteiger partial charge in [-0.2, -0.15) is 0 Å². The maximum absolute atomic E-state index is 14.0. The smallest absolute Gasteiger partial charge is 0.250 e. The quantitative estimate of drug-likeness (QED) is 0.263. The fraction of sp³-hybridized carbons (Fsp3) is 0.300. The lowest BCUT2D eigenvalue weighted by Gasteiger charge is -2.29. The van der Waals surface area contributed by atoms with E-state index in [1.807, 2.05) is 12.1 Å². The number of amides is 3. The number of imide groups is 1. The van der Waals surface area contributed by atoms with Crippen LogP contribution in [-0.2, 0) is 32.8 Å². The van der Waals surface area contributed by atoms with E-state index >= 15 is 0 Å². The van der Waals surface area contributed by atoms with E-state index in [1.165, 1.54) is 17.0 Å². The van der Waals surface area contributed by atoms with Crippen LogP contribution in [0.2, 0.25) is 0 Å². The standard InChI is InChI=1S/C30H29N3O7/c1-39-23-10-8-16(15-24(23)40-2)11-12-33-27(36)25-20(13-17-7-9-21(34)22(35)14-17)32-30(26(25)28(33)37)18-5-3-4-6-19(18)31-29(30)38/h3-10,14-15,20,25-26,32,34-35H,11-13H2,1-2H3,(H,31,38)/t20-,25+,26-,30+/m0/s1. The second-order valence-corrected chi connectivity index (χ2v) is 10.4. The molecule has 4 N–H and O–H groups in total. The second kappa shape index (κ2) is 9.56. The first-order chi connectivity index (χ1) is 19.3. The van der Waals surface area contributed by atoms with E-state index in [9.17, 15) is 24.6 Å². The number of hydrogen-bond donors (Lipinski definition) is 4. The number of hydrogen-bond acceptors (Lipinski definition) is 8. The van der Waals surface area contributed by atoms with Crippen molar-refractivity contribution >= 4 is 23.4 Å². The monoisotopic (exact) mass is 543 g/mol. The van der Waals surface area contributed by atoms with Crippen molar-refractivity contribution in [1.29, 1.82) is 0 Å². The highest BCUT2D eigenvalue weighted by Crippen LogP contribution is 2.53. The maximum atomic E-state index is 14.0. The number of anilines is 1. The van der Waals surface area contributed by atoms with Crippen molar-refractivity contribution in [2.24, 2.45) is 11.8 Å². The first kappa shape index (κ1) is 25.7. The summed E-state index contributed by atoms with van der Waals surface area (Å²) in [5.41, 5.74) is 1.34. The van der Waals surface area contributed by atoms with Crippen molar-refractivity contribution < 1.29 is 34.1 Å². The number of phenols is 2. The molecular weight excluding hydrogens is 514 g/mol. The van der Waals surface area contributed by atoms with E-state index < -0.39 is 29.3 Å². The summed E-state index contributed by atoms with van der Waals surface area (Å²) in [4.78, 5) is 42.8. The predicted molar refractivity (Wildman–Crippen MR) is 144 cm³/mol. The number of carbonyl (C=O) groups excluding carboxylic acids is 3. The van der Waals surface area contributed by atoms with Gasteiger partial charge in [-0.25, -0.2) is 0 Å². The molecule has 0 aliphatic carbocycles. The maximum Gasteiger partial charge on any atom is 0.250 e. The van der Waals surface area contributed by atoms with Gasteiger partial charge in [0.25, 0.3) is 0 Å². The Morgan fingerprint density at radius 3 is 2.38 bits per heavy atom. The van der Waals surface area contributed by atoms with Crippen LogP contribution in [0.25, 0.3) is 0 Å². The Morgan fingerprint density at radius 1 is 0.875 bits per heavy atom. The lowest BCUT2D eigenvalue weighted by molar-refractivity contribution is -0.142. The Balaban J connectivity index is 1.35. The number of aromatic hydroxyl groups is 2. The first-order valence-electron chi connectivity index (χ1n) is 13.0. The number of nitrogens with one attached hydrogen (secondary N) is 2. The third-order valence-corrected chi connectivity index (χ3v) is 8.28. The number of rotatable bonds is 7. The molecule has 3 aromatic carbocycles. The molecule has 2 fully saturated rings. The number of fused-ring (bicyclic) bond motifs is 4. The summed E-state index contributed by atoms with van der Waals surface area (Å²) < 4.78 is 10.7. The molecule has 3 heterocycles. The van der Waals surface area contributed by atoms with Crippen LogP contribution >= 0.6 is 0 Å². The Kier molecular flexibility index (Phi) is 6.14. The Hall–Kier alpha value is -4.57. The van der Waals surface area contributed by atoms with Gasteiger partial charge in [-0.1, -0.05) is 30.3 Å². The number of methoxy groups -OCH3 is 2. The van der Waals surface area contributed by atoms with Crippen LogP contribution in [0.3, 0.4) is 0 Å². The summed E-state index contributed by atoms with van der Waals surface area (Å²) in [5.74, 6) is -2.26. The average Bonchev–Trinajstić information content (AvgIpc) is 3.53. The molecule has 206 valence electrons. The lowest BCUT2D eigenvalue weighted by Crippen LogP contribution is -2.53. The number of phenolic OH excluding ortho intramolecular Hbond substituents is 2. The van der Waals surface area contributed by atoms with Gasteiger partial charge < -0.3 is 25.0 Å². The van der Waals surface area contributed by atoms with Crippen molar-refractivity contribution in [2.75, 3.05) is 26.1 Å². The van der Waals surface area contributed by atoms with Gasteiger partial charge in [-0.15, -0.1) is 0 Å². The van der Waals surface area contributed by atoms with Gasteiger partial charge in [0.1, 0.15) is 5.54 Å². The first-order valence-corrected chi connectivity index (χ1v) is 13.0. The topological polar surface area (TPSA) is 137 Å². The minimum absolute atomic E-state index is 0.145. The second-order valence-electron chi connectivity index (χ2n) is 10.4. The molecule has 1 spiro atoms. The largest absolute Gasteiger partial charge is 0.504 e. The molecule has 0 bridgehead atoms. The summed E-state index contributed by atoms with van der Waals surface area (Å²) in [6.07, 6.45) is 0.658. The molecule has 4 atom stereocenters. The number of nitrogens with zero attached hydrogens (tertiary/aromatic N) is 1. The summed E-state index contributed by atoms with van der Waals surface area (Å²) in [6, 6.07) is 16.5. The number of carbonyl (C=O) groups is 3. The zero-order valence-electron chi connectivity index (χ0n) is 22.0. The zero-order valence-corrected chi connectivity index (χ0v) is 22.0. The van der Waals surface area contributed by atoms with Gasteiger partial charge in [0.05, 0.1) is 26.1 Å². The highest BCUT2D eigenvalue weighted by atomic mass is 16.5. The third kappa shape index (κ3) is 3.78. The molecule has 10 nitrogen and oxygen atoms in total. The summed E-state index contributed by atoms with van der Waals surface area (Å²) >= 11 is 0. The van der Waals surface area contributed by atoms with Crippen LogP contribution in [0, 0.1) is 11.8 Å². The van der Waals surface area contributed by atoms with Crippen LogP contribution in [0.1, 0.15) is 16.7 Å². The van der Waals surface area contributed by atoms with Crippen molar-refractivity contribution in [3.63, 3.8) is 0 Å². The summed E-state index contributed by atoms with van der Waals surface area (Å²) in [5, 5.41) is 26.1. The summed E-state index contributed by atoms with van der Waals surface area (Å²) in [6.45, 7) is 0.145. The zero-order chi connectivity index (χ0) is 28.2. The predicted octanol–water partition coefficient (Wildman–Crippen LogP) is 2.32. The van der Waals surface area contributed by atoms with Gasteiger partial charge in [0.15, 0.2) is 23.0 Å². The molecular formula is C30H29N3O7. The van der Waals surface area contributed by atoms with E-state index in [1.54, 1.807) is 50.6 Å². The van der Waals surface area contributed by atoms with Crippen LogP contribution in [-0.4, -0.2) is 59.6 Å². The summed E-state index contributed by atoms with van der Waals surface area (Å²) in [7, 11) is 3.09. The van der Waals surface area contributed by atoms with Crippen molar-refractivity contribution in [3.05, 3.63) is 77.4 Å². The molecule has 0 aromatic heterocycles.